The van der Waals surface area contributed by atoms with Crippen LogP contribution in [0.2, 0.25) is 0 Å². The summed E-state index contributed by atoms with van der Waals surface area (Å²) in [6.07, 6.45) is 10.0. The largest absolute Gasteiger partial charge is 0.334 e. The molecule has 4 rings (SSSR count). The number of aromatic nitrogens is 2. The highest BCUT2D eigenvalue weighted by Crippen LogP contribution is 2.29. The molecule has 156 valence electrons. The lowest BCUT2D eigenvalue weighted by molar-refractivity contribution is 0.133. The van der Waals surface area contributed by atoms with E-state index in [-0.39, 0.29) is 24.8 Å². The molecule has 1 aliphatic carbocycles. The molecule has 1 saturated heterocycles. The lowest BCUT2D eigenvalue weighted by Crippen LogP contribution is -2.40. The first-order valence-electron chi connectivity index (χ1n) is 10.2. The Bertz CT molecular complexity index is 693. The number of benzene rings is 1. The normalized spacial score (nSPS) is 18.6. The van der Waals surface area contributed by atoms with E-state index >= 15 is 0 Å². The van der Waals surface area contributed by atoms with Crippen LogP contribution in [0, 0.1) is 5.92 Å². The van der Waals surface area contributed by atoms with Gasteiger partial charge in [-0.15, -0.1) is 24.8 Å². The number of nitrogens with zero attached hydrogens (tertiary/aromatic N) is 3. The van der Waals surface area contributed by atoms with Gasteiger partial charge < -0.3 is 15.2 Å². The van der Waals surface area contributed by atoms with Crippen molar-refractivity contribution in [2.75, 3.05) is 19.6 Å². The minimum absolute atomic E-state index is 0. The van der Waals surface area contributed by atoms with Gasteiger partial charge >= 0.3 is 0 Å². The van der Waals surface area contributed by atoms with E-state index in [0.29, 0.717) is 18.4 Å². The Kier molecular flexibility index (Phi) is 9.22. The molecule has 28 heavy (non-hydrogen) atoms. The van der Waals surface area contributed by atoms with Gasteiger partial charge in [0.05, 0.1) is 0 Å². The number of hydrogen-bond donors (Lipinski definition) is 1. The highest BCUT2D eigenvalue weighted by molar-refractivity contribution is 5.85. The molecule has 2 fully saturated rings. The van der Waals surface area contributed by atoms with Crippen LogP contribution in [0.1, 0.15) is 49.9 Å². The molecule has 0 spiro atoms. The maximum Gasteiger partial charge on any atom is 0.257 e. The van der Waals surface area contributed by atoms with E-state index in [1.807, 2.05) is 12.1 Å². The summed E-state index contributed by atoms with van der Waals surface area (Å²) < 4.78 is 5.50. The molecule has 0 atom stereocenters. The zero-order chi connectivity index (χ0) is 17.8. The van der Waals surface area contributed by atoms with Crippen LogP contribution >= 0.6 is 24.8 Å². The van der Waals surface area contributed by atoms with Gasteiger partial charge in [0, 0.05) is 18.0 Å². The van der Waals surface area contributed by atoms with Crippen molar-refractivity contribution in [1.29, 1.82) is 0 Å². The SMILES string of the molecule is Cl.Cl.NCCc1ccc(-c2nc(CC3CCN(C4CCCC4)CC3)no2)cc1. The molecule has 1 aromatic heterocycles. The smallest absolute Gasteiger partial charge is 0.257 e. The number of likely N-dealkylation sites (tertiary alicyclic amines) is 1. The Labute approximate surface area is 180 Å². The summed E-state index contributed by atoms with van der Waals surface area (Å²) in [6, 6.07) is 9.12. The van der Waals surface area contributed by atoms with Gasteiger partial charge in [0.1, 0.15) is 0 Å². The van der Waals surface area contributed by atoms with Gasteiger partial charge in [0.25, 0.3) is 5.89 Å². The maximum absolute atomic E-state index is 5.60. The number of nitrogens with two attached hydrogens (primary N) is 1. The Hall–Kier alpha value is -1.14. The van der Waals surface area contributed by atoms with Crippen LogP contribution < -0.4 is 5.73 Å². The second-order valence-electron chi connectivity index (χ2n) is 7.87. The van der Waals surface area contributed by atoms with Crippen molar-refractivity contribution in [2.24, 2.45) is 11.7 Å². The van der Waals surface area contributed by atoms with Crippen molar-refractivity contribution in [3.8, 4) is 11.5 Å². The van der Waals surface area contributed by atoms with Crippen LogP contribution in [-0.4, -0.2) is 40.7 Å². The van der Waals surface area contributed by atoms with Gasteiger partial charge in [0.2, 0.25) is 0 Å². The van der Waals surface area contributed by atoms with E-state index in [1.165, 1.54) is 57.2 Å². The first kappa shape index (κ1) is 23.1. The van der Waals surface area contributed by atoms with E-state index in [1.54, 1.807) is 0 Å². The first-order chi connectivity index (χ1) is 12.8. The zero-order valence-electron chi connectivity index (χ0n) is 16.4. The summed E-state index contributed by atoms with van der Waals surface area (Å²) in [7, 11) is 0. The van der Waals surface area contributed by atoms with Crippen molar-refractivity contribution >= 4 is 24.8 Å². The highest BCUT2D eigenvalue weighted by atomic mass is 35.5. The predicted molar refractivity (Wildman–Crippen MR) is 117 cm³/mol. The Balaban J connectivity index is 0.00000140. The van der Waals surface area contributed by atoms with Gasteiger partial charge in [-0.2, -0.15) is 4.98 Å². The van der Waals surface area contributed by atoms with E-state index < -0.39 is 0 Å². The van der Waals surface area contributed by atoms with Crippen molar-refractivity contribution in [3.05, 3.63) is 35.7 Å². The van der Waals surface area contributed by atoms with Gasteiger partial charge in [-0.3, -0.25) is 0 Å². The first-order valence-corrected chi connectivity index (χ1v) is 10.2. The molecule has 2 aliphatic rings. The van der Waals surface area contributed by atoms with Crippen molar-refractivity contribution in [2.45, 2.75) is 57.4 Å². The highest BCUT2D eigenvalue weighted by Gasteiger charge is 2.27. The third-order valence-electron chi connectivity index (χ3n) is 6.06. The molecule has 5 nitrogen and oxygen atoms in total. The molecule has 2 heterocycles. The quantitative estimate of drug-likeness (QED) is 0.746. The Morgan fingerprint density at radius 3 is 2.32 bits per heavy atom. The fourth-order valence-corrected chi connectivity index (χ4v) is 4.48. The lowest BCUT2D eigenvalue weighted by atomic mass is 9.92. The second kappa shape index (κ2) is 11.1. The molecular weight excluding hydrogens is 395 g/mol. The van der Waals surface area contributed by atoms with Crippen LogP contribution in [0.3, 0.4) is 0 Å². The zero-order valence-corrected chi connectivity index (χ0v) is 18.0. The molecule has 0 amide bonds. The van der Waals surface area contributed by atoms with Crippen molar-refractivity contribution in [3.63, 3.8) is 0 Å². The predicted octanol–water partition coefficient (Wildman–Crippen LogP) is 4.28. The molecule has 1 aliphatic heterocycles. The number of hydrogen-bond acceptors (Lipinski definition) is 5. The molecule has 1 saturated carbocycles. The van der Waals surface area contributed by atoms with E-state index in [9.17, 15) is 0 Å². The van der Waals surface area contributed by atoms with Crippen LogP contribution in [-0.2, 0) is 12.8 Å². The van der Waals surface area contributed by atoms with Crippen LogP contribution in [0.25, 0.3) is 11.5 Å². The van der Waals surface area contributed by atoms with E-state index in [4.69, 9.17) is 10.3 Å². The van der Waals surface area contributed by atoms with E-state index in [0.717, 1.165) is 30.3 Å². The summed E-state index contributed by atoms with van der Waals surface area (Å²) in [5, 5.41) is 4.22. The minimum Gasteiger partial charge on any atom is -0.334 e. The fraction of sp³-hybridized carbons (Fsp3) is 0.619. The summed E-state index contributed by atoms with van der Waals surface area (Å²) >= 11 is 0. The summed E-state index contributed by atoms with van der Waals surface area (Å²) in [4.78, 5) is 7.35. The molecular formula is C21H32Cl2N4O. The average Bonchev–Trinajstić information content (AvgIpc) is 3.36. The molecule has 0 unspecified atom stereocenters. The Morgan fingerprint density at radius 1 is 1.00 bits per heavy atom. The number of piperidine rings is 1. The van der Waals surface area contributed by atoms with Gasteiger partial charge in [-0.25, -0.2) is 0 Å². The third-order valence-corrected chi connectivity index (χ3v) is 6.06. The fourth-order valence-electron chi connectivity index (χ4n) is 4.48. The maximum atomic E-state index is 5.60. The van der Waals surface area contributed by atoms with Gasteiger partial charge in [0.15, 0.2) is 5.82 Å². The summed E-state index contributed by atoms with van der Waals surface area (Å²) in [5.74, 6) is 2.16. The monoisotopic (exact) mass is 426 g/mol. The molecule has 0 radical (unpaired) electrons. The van der Waals surface area contributed by atoms with Crippen LogP contribution in [0.15, 0.2) is 28.8 Å². The molecule has 2 aromatic rings. The average molecular weight is 427 g/mol. The van der Waals surface area contributed by atoms with Crippen LogP contribution in [0.5, 0.6) is 0 Å². The standard InChI is InChI=1S/C21H30N4O.2ClH/c22-12-9-16-5-7-18(8-6-16)21-23-20(24-26-21)15-17-10-13-25(14-11-17)19-3-1-2-4-19;;/h5-8,17,19H,1-4,9-15,22H2;2*1H. The number of rotatable bonds is 6. The minimum atomic E-state index is 0. The van der Waals surface area contributed by atoms with Gasteiger partial charge in [-0.1, -0.05) is 30.1 Å². The topological polar surface area (TPSA) is 68.2 Å². The molecule has 7 heteroatoms. The second-order valence-corrected chi connectivity index (χ2v) is 7.87. The molecule has 2 N–H and O–H groups in total. The molecule has 0 bridgehead atoms. The van der Waals surface area contributed by atoms with Crippen molar-refractivity contribution < 1.29 is 4.52 Å². The molecule has 1 aromatic carbocycles. The summed E-state index contributed by atoms with van der Waals surface area (Å²) in [6.45, 7) is 3.15. The third kappa shape index (κ3) is 5.69. The number of halogens is 2. The van der Waals surface area contributed by atoms with E-state index in [2.05, 4.69) is 27.2 Å². The summed E-state index contributed by atoms with van der Waals surface area (Å²) in [5.41, 5.74) is 7.83. The van der Waals surface area contributed by atoms with Crippen molar-refractivity contribution in [1.82, 2.24) is 15.0 Å². The van der Waals surface area contributed by atoms with Gasteiger partial charge in [-0.05, 0) is 75.4 Å². The lowest BCUT2D eigenvalue weighted by Gasteiger charge is -2.35. The Morgan fingerprint density at radius 2 is 1.68 bits per heavy atom. The van der Waals surface area contributed by atoms with Crippen LogP contribution in [0.4, 0.5) is 0 Å².